The summed E-state index contributed by atoms with van der Waals surface area (Å²) in [5, 5.41) is 6.98. The fraction of sp³-hybridized carbons (Fsp3) is 0.381. The molecule has 1 fully saturated rings. The molecule has 0 saturated carbocycles. The van der Waals surface area contributed by atoms with Crippen molar-refractivity contribution in [3.8, 4) is 0 Å². The number of piperidine rings is 1. The van der Waals surface area contributed by atoms with Crippen LogP contribution in [0.15, 0.2) is 35.1 Å². The maximum atomic E-state index is 12.8. The van der Waals surface area contributed by atoms with E-state index in [2.05, 4.69) is 20.4 Å². The predicted molar refractivity (Wildman–Crippen MR) is 112 cm³/mol. The molecule has 3 heterocycles. The lowest BCUT2D eigenvalue weighted by atomic mass is 9.94. The van der Waals surface area contributed by atoms with Gasteiger partial charge in [-0.2, -0.15) is 5.10 Å². The van der Waals surface area contributed by atoms with Crippen molar-refractivity contribution in [1.29, 1.82) is 0 Å². The van der Waals surface area contributed by atoms with Crippen molar-refractivity contribution in [3.05, 3.63) is 52.2 Å². The fourth-order valence-corrected chi connectivity index (χ4v) is 3.88. The molecule has 0 spiro atoms. The van der Waals surface area contributed by atoms with Gasteiger partial charge in [0, 0.05) is 38.3 Å². The van der Waals surface area contributed by atoms with E-state index in [0.29, 0.717) is 25.2 Å². The molecule has 0 aliphatic carbocycles. The first kappa shape index (κ1) is 19.8. The SMILES string of the molecule is Cc1nc2ccc(NC(=O)CC3CCCN(C(=O)c4ccc(=O)n(C)n4)C3)cc2[nH]1. The molecule has 156 valence electrons. The number of aryl methyl sites for hydroxylation is 2. The van der Waals surface area contributed by atoms with E-state index in [0.717, 1.165) is 34.4 Å². The zero-order chi connectivity index (χ0) is 21.3. The van der Waals surface area contributed by atoms with Gasteiger partial charge >= 0.3 is 0 Å². The zero-order valence-electron chi connectivity index (χ0n) is 17.0. The summed E-state index contributed by atoms with van der Waals surface area (Å²) in [5.74, 6) is 0.614. The molecular weight excluding hydrogens is 384 g/mol. The van der Waals surface area contributed by atoms with Crippen LogP contribution in [0.3, 0.4) is 0 Å². The van der Waals surface area contributed by atoms with E-state index in [-0.39, 0.29) is 29.0 Å². The third-order valence-electron chi connectivity index (χ3n) is 5.34. The molecule has 1 unspecified atom stereocenters. The van der Waals surface area contributed by atoms with E-state index in [1.54, 1.807) is 4.90 Å². The maximum absolute atomic E-state index is 12.8. The third-order valence-corrected chi connectivity index (χ3v) is 5.34. The van der Waals surface area contributed by atoms with Gasteiger partial charge in [0.1, 0.15) is 11.5 Å². The molecule has 1 atom stereocenters. The zero-order valence-corrected chi connectivity index (χ0v) is 17.0. The fourth-order valence-electron chi connectivity index (χ4n) is 3.88. The highest BCUT2D eigenvalue weighted by Gasteiger charge is 2.27. The van der Waals surface area contributed by atoms with E-state index in [4.69, 9.17) is 0 Å². The molecule has 2 amide bonds. The largest absolute Gasteiger partial charge is 0.342 e. The minimum Gasteiger partial charge on any atom is -0.342 e. The minimum absolute atomic E-state index is 0.0772. The molecule has 1 aromatic carbocycles. The molecule has 9 heteroatoms. The standard InChI is InChI=1S/C21H24N6O3/c1-13-22-16-6-5-15(11-18(16)23-13)24-19(28)10-14-4-3-9-27(12-14)21(30)17-7-8-20(29)26(2)25-17/h5-8,11,14H,3-4,9-10,12H2,1-2H3,(H,22,23)(H,24,28). The highest BCUT2D eigenvalue weighted by molar-refractivity contribution is 5.94. The van der Waals surface area contributed by atoms with Gasteiger partial charge < -0.3 is 15.2 Å². The molecule has 1 aliphatic heterocycles. The summed E-state index contributed by atoms with van der Waals surface area (Å²) in [6.45, 7) is 3.01. The Labute approximate surface area is 173 Å². The van der Waals surface area contributed by atoms with Crippen molar-refractivity contribution in [2.24, 2.45) is 13.0 Å². The first-order chi connectivity index (χ1) is 14.4. The number of rotatable bonds is 4. The van der Waals surface area contributed by atoms with Crippen molar-refractivity contribution in [2.75, 3.05) is 18.4 Å². The average molecular weight is 408 g/mol. The molecule has 1 saturated heterocycles. The van der Waals surface area contributed by atoms with Gasteiger partial charge in [0.25, 0.3) is 11.5 Å². The topological polar surface area (TPSA) is 113 Å². The van der Waals surface area contributed by atoms with Crippen LogP contribution in [0.1, 0.15) is 35.6 Å². The highest BCUT2D eigenvalue weighted by atomic mass is 16.2. The van der Waals surface area contributed by atoms with Crippen LogP contribution >= 0.6 is 0 Å². The van der Waals surface area contributed by atoms with Gasteiger partial charge in [0.05, 0.1) is 11.0 Å². The summed E-state index contributed by atoms with van der Waals surface area (Å²) in [7, 11) is 1.52. The first-order valence-corrected chi connectivity index (χ1v) is 9.99. The van der Waals surface area contributed by atoms with E-state index in [9.17, 15) is 14.4 Å². The second-order valence-electron chi connectivity index (χ2n) is 7.75. The van der Waals surface area contributed by atoms with Crippen molar-refractivity contribution in [2.45, 2.75) is 26.2 Å². The van der Waals surface area contributed by atoms with Crippen LogP contribution < -0.4 is 10.9 Å². The number of amides is 2. The van der Waals surface area contributed by atoms with Gasteiger partial charge in [0.15, 0.2) is 0 Å². The van der Waals surface area contributed by atoms with Crippen LogP contribution in [-0.2, 0) is 11.8 Å². The summed E-state index contributed by atoms with van der Waals surface area (Å²) >= 11 is 0. The number of anilines is 1. The molecule has 0 bridgehead atoms. The number of carbonyl (C=O) groups excluding carboxylic acids is 2. The number of H-pyrrole nitrogens is 1. The van der Waals surface area contributed by atoms with Crippen LogP contribution in [-0.4, -0.2) is 49.6 Å². The molecule has 0 radical (unpaired) electrons. The number of imidazole rings is 1. The van der Waals surface area contributed by atoms with E-state index < -0.39 is 0 Å². The van der Waals surface area contributed by atoms with Gasteiger partial charge in [-0.25, -0.2) is 9.67 Å². The number of nitrogens with one attached hydrogen (secondary N) is 2. The number of hydrogen-bond donors (Lipinski definition) is 2. The second kappa shape index (κ2) is 8.10. The number of aromatic nitrogens is 4. The number of likely N-dealkylation sites (tertiary alicyclic amines) is 1. The molecule has 30 heavy (non-hydrogen) atoms. The summed E-state index contributed by atoms with van der Waals surface area (Å²) in [6.07, 6.45) is 2.05. The number of aromatic amines is 1. The Kier molecular flexibility index (Phi) is 5.35. The molecule has 9 nitrogen and oxygen atoms in total. The van der Waals surface area contributed by atoms with Gasteiger partial charge in [-0.3, -0.25) is 14.4 Å². The lowest BCUT2D eigenvalue weighted by Gasteiger charge is -2.32. The van der Waals surface area contributed by atoms with Crippen LogP contribution in [0, 0.1) is 12.8 Å². The highest BCUT2D eigenvalue weighted by Crippen LogP contribution is 2.22. The molecule has 4 rings (SSSR count). The monoisotopic (exact) mass is 408 g/mol. The van der Waals surface area contributed by atoms with Crippen molar-refractivity contribution >= 4 is 28.5 Å². The van der Waals surface area contributed by atoms with Crippen LogP contribution in [0.5, 0.6) is 0 Å². The predicted octanol–water partition coefficient (Wildman–Crippen LogP) is 1.85. The third kappa shape index (κ3) is 4.24. The summed E-state index contributed by atoms with van der Waals surface area (Å²) in [4.78, 5) is 46.0. The Morgan fingerprint density at radius 1 is 1.27 bits per heavy atom. The Hall–Kier alpha value is -3.49. The van der Waals surface area contributed by atoms with Gasteiger partial charge in [0.2, 0.25) is 5.91 Å². The number of carbonyl (C=O) groups is 2. The Bertz CT molecular complexity index is 1170. The number of fused-ring (bicyclic) bond motifs is 1. The Balaban J connectivity index is 1.37. The van der Waals surface area contributed by atoms with Crippen molar-refractivity contribution < 1.29 is 9.59 Å². The molecule has 1 aliphatic rings. The average Bonchev–Trinajstić information content (AvgIpc) is 3.09. The quantitative estimate of drug-likeness (QED) is 0.684. The molecular formula is C21H24N6O3. The number of benzene rings is 1. The molecule has 2 N–H and O–H groups in total. The maximum Gasteiger partial charge on any atom is 0.274 e. The molecule has 2 aromatic heterocycles. The van der Waals surface area contributed by atoms with Crippen LogP contribution in [0.25, 0.3) is 11.0 Å². The minimum atomic E-state index is -0.261. The van der Waals surface area contributed by atoms with E-state index >= 15 is 0 Å². The normalized spacial score (nSPS) is 16.6. The Morgan fingerprint density at radius 2 is 2.10 bits per heavy atom. The van der Waals surface area contributed by atoms with Gasteiger partial charge in [-0.1, -0.05) is 0 Å². The van der Waals surface area contributed by atoms with E-state index in [1.807, 2.05) is 25.1 Å². The number of hydrogen-bond acceptors (Lipinski definition) is 5. The summed E-state index contributed by atoms with van der Waals surface area (Å²) in [5.41, 5.74) is 2.44. The summed E-state index contributed by atoms with van der Waals surface area (Å²) in [6, 6.07) is 8.37. The van der Waals surface area contributed by atoms with Gasteiger partial charge in [-0.05, 0) is 49.9 Å². The van der Waals surface area contributed by atoms with Crippen LogP contribution in [0.2, 0.25) is 0 Å². The lowest BCUT2D eigenvalue weighted by Crippen LogP contribution is -2.41. The first-order valence-electron chi connectivity index (χ1n) is 9.99. The smallest absolute Gasteiger partial charge is 0.274 e. The summed E-state index contributed by atoms with van der Waals surface area (Å²) < 4.78 is 1.15. The van der Waals surface area contributed by atoms with Crippen LogP contribution in [0.4, 0.5) is 5.69 Å². The van der Waals surface area contributed by atoms with Crippen molar-refractivity contribution in [1.82, 2.24) is 24.6 Å². The Morgan fingerprint density at radius 3 is 2.90 bits per heavy atom. The van der Waals surface area contributed by atoms with Crippen molar-refractivity contribution in [3.63, 3.8) is 0 Å². The number of nitrogens with zero attached hydrogens (tertiary/aromatic N) is 4. The molecule has 3 aromatic rings. The van der Waals surface area contributed by atoms with Gasteiger partial charge in [-0.15, -0.1) is 0 Å². The second-order valence-corrected chi connectivity index (χ2v) is 7.75. The lowest BCUT2D eigenvalue weighted by molar-refractivity contribution is -0.117. The van der Waals surface area contributed by atoms with E-state index in [1.165, 1.54) is 19.2 Å².